The summed E-state index contributed by atoms with van der Waals surface area (Å²) in [6.45, 7) is 0. The molecule has 5 rings (SSSR count). The van der Waals surface area contributed by atoms with Crippen molar-refractivity contribution in [3.8, 4) is 5.69 Å². The summed E-state index contributed by atoms with van der Waals surface area (Å²) in [5, 5.41) is 21.1. The monoisotopic (exact) mass is 365 g/mol. The molecule has 26 heavy (non-hydrogen) atoms. The highest BCUT2D eigenvalue weighted by Gasteiger charge is 2.13. The van der Waals surface area contributed by atoms with Crippen molar-refractivity contribution in [2.75, 3.05) is 0 Å². The Balaban J connectivity index is 0.00000168. The quantitative estimate of drug-likeness (QED) is 0.500. The second-order valence-electron chi connectivity index (χ2n) is 5.78. The van der Waals surface area contributed by atoms with Crippen LogP contribution >= 0.6 is 12.4 Å². The van der Waals surface area contributed by atoms with Crippen molar-refractivity contribution in [3.05, 3.63) is 66.4 Å². The number of benzene rings is 3. The SMILES string of the molecule is Cl.O=C(O)c1cc2ccc(-n3nc4ccc5ccccc5c4n3)cc2o1. The number of carboxylic acid groups (broad SMARTS) is 1. The van der Waals surface area contributed by atoms with Gasteiger partial charge in [0.15, 0.2) is 0 Å². The molecule has 5 aromatic rings. The van der Waals surface area contributed by atoms with Crippen molar-refractivity contribution < 1.29 is 14.3 Å². The average Bonchev–Trinajstić information content (AvgIpc) is 3.25. The Bertz CT molecular complexity index is 1290. The molecule has 3 aromatic carbocycles. The van der Waals surface area contributed by atoms with E-state index in [1.807, 2.05) is 42.5 Å². The zero-order valence-corrected chi connectivity index (χ0v) is 14.1. The van der Waals surface area contributed by atoms with Gasteiger partial charge in [0.2, 0.25) is 5.76 Å². The fraction of sp³-hybridized carbons (Fsp3) is 0. The van der Waals surface area contributed by atoms with Crippen LogP contribution in [0.15, 0.2) is 65.1 Å². The van der Waals surface area contributed by atoms with Gasteiger partial charge in [-0.1, -0.05) is 30.3 Å². The molecule has 6 nitrogen and oxygen atoms in total. The summed E-state index contributed by atoms with van der Waals surface area (Å²) in [4.78, 5) is 12.6. The van der Waals surface area contributed by atoms with Gasteiger partial charge in [0.05, 0.1) is 5.69 Å². The summed E-state index contributed by atoms with van der Waals surface area (Å²) in [5.41, 5.74) is 2.81. The van der Waals surface area contributed by atoms with E-state index >= 15 is 0 Å². The lowest BCUT2D eigenvalue weighted by molar-refractivity contribution is 0.0665. The van der Waals surface area contributed by atoms with Gasteiger partial charge < -0.3 is 9.52 Å². The van der Waals surface area contributed by atoms with Gasteiger partial charge in [-0.15, -0.1) is 22.6 Å². The van der Waals surface area contributed by atoms with Crippen LogP contribution < -0.4 is 0 Å². The van der Waals surface area contributed by atoms with Crippen molar-refractivity contribution in [2.45, 2.75) is 0 Å². The molecule has 0 fully saturated rings. The summed E-state index contributed by atoms with van der Waals surface area (Å²) >= 11 is 0. The zero-order chi connectivity index (χ0) is 17.0. The first kappa shape index (κ1) is 16.1. The predicted molar refractivity (Wildman–Crippen MR) is 100 cm³/mol. The summed E-state index contributed by atoms with van der Waals surface area (Å²) in [6, 6.07) is 18.9. The molecule has 0 aliphatic heterocycles. The molecule has 2 aromatic heterocycles. The van der Waals surface area contributed by atoms with Crippen LogP contribution in [0.25, 0.3) is 38.5 Å². The van der Waals surface area contributed by atoms with E-state index in [-0.39, 0.29) is 18.2 Å². The maximum atomic E-state index is 11.0. The Morgan fingerprint density at radius 1 is 0.962 bits per heavy atom. The van der Waals surface area contributed by atoms with E-state index in [1.54, 1.807) is 16.9 Å². The largest absolute Gasteiger partial charge is 0.475 e. The van der Waals surface area contributed by atoms with Gasteiger partial charge in [0, 0.05) is 16.8 Å². The minimum atomic E-state index is -1.09. The predicted octanol–water partition coefficient (Wildman–Crippen LogP) is 4.44. The van der Waals surface area contributed by atoms with Crippen LogP contribution in [-0.2, 0) is 0 Å². The van der Waals surface area contributed by atoms with E-state index in [1.165, 1.54) is 6.07 Å². The van der Waals surface area contributed by atoms with E-state index < -0.39 is 5.97 Å². The van der Waals surface area contributed by atoms with E-state index in [4.69, 9.17) is 9.52 Å². The smallest absolute Gasteiger partial charge is 0.371 e. The molecule has 0 saturated carbocycles. The van der Waals surface area contributed by atoms with E-state index in [0.29, 0.717) is 11.3 Å². The number of rotatable bonds is 2. The zero-order valence-electron chi connectivity index (χ0n) is 13.3. The minimum Gasteiger partial charge on any atom is -0.475 e. The maximum absolute atomic E-state index is 11.0. The number of aromatic carboxylic acids is 1. The van der Waals surface area contributed by atoms with Crippen LogP contribution in [0.2, 0.25) is 0 Å². The Morgan fingerprint density at radius 3 is 2.62 bits per heavy atom. The van der Waals surface area contributed by atoms with Crippen LogP contribution in [0.3, 0.4) is 0 Å². The third-order valence-corrected chi connectivity index (χ3v) is 4.22. The molecule has 0 unspecified atom stereocenters. The van der Waals surface area contributed by atoms with Gasteiger partial charge in [0.25, 0.3) is 0 Å². The van der Waals surface area contributed by atoms with E-state index in [2.05, 4.69) is 10.2 Å². The lowest BCUT2D eigenvalue weighted by Crippen LogP contribution is -1.97. The highest BCUT2D eigenvalue weighted by Crippen LogP contribution is 2.25. The summed E-state index contributed by atoms with van der Waals surface area (Å²) in [6.07, 6.45) is 0. The lowest BCUT2D eigenvalue weighted by Gasteiger charge is -1.98. The molecule has 2 heterocycles. The third kappa shape index (κ3) is 2.39. The maximum Gasteiger partial charge on any atom is 0.371 e. The van der Waals surface area contributed by atoms with Crippen LogP contribution in [-0.4, -0.2) is 26.1 Å². The molecule has 0 atom stereocenters. The first-order chi connectivity index (χ1) is 12.2. The number of carbonyl (C=O) groups is 1. The molecule has 0 radical (unpaired) electrons. The van der Waals surface area contributed by atoms with Gasteiger partial charge in [-0.2, -0.15) is 4.80 Å². The molecule has 1 N–H and O–H groups in total. The van der Waals surface area contributed by atoms with Crippen LogP contribution in [0.4, 0.5) is 0 Å². The second kappa shape index (κ2) is 5.86. The molecule has 7 heteroatoms. The molecule has 128 valence electrons. The van der Waals surface area contributed by atoms with Gasteiger partial charge in [0.1, 0.15) is 16.6 Å². The first-order valence-corrected chi connectivity index (χ1v) is 7.71. The number of hydrogen-bond acceptors (Lipinski definition) is 4. The topological polar surface area (TPSA) is 81.1 Å². The summed E-state index contributed by atoms with van der Waals surface area (Å²) < 4.78 is 5.37. The number of nitrogens with zero attached hydrogens (tertiary/aromatic N) is 3. The molecular weight excluding hydrogens is 354 g/mol. The van der Waals surface area contributed by atoms with Gasteiger partial charge in [-0.05, 0) is 29.7 Å². The first-order valence-electron chi connectivity index (χ1n) is 7.71. The number of aromatic nitrogens is 3. The van der Waals surface area contributed by atoms with Crippen molar-refractivity contribution in [3.63, 3.8) is 0 Å². The number of furan rings is 1. The van der Waals surface area contributed by atoms with Crippen molar-refractivity contribution >= 4 is 51.2 Å². The highest BCUT2D eigenvalue weighted by molar-refractivity contribution is 6.03. The molecule has 0 amide bonds. The van der Waals surface area contributed by atoms with Crippen LogP contribution in [0.5, 0.6) is 0 Å². The van der Waals surface area contributed by atoms with E-state index in [0.717, 1.165) is 27.2 Å². The van der Waals surface area contributed by atoms with Gasteiger partial charge in [-0.3, -0.25) is 0 Å². The Labute approximate surface area is 153 Å². The van der Waals surface area contributed by atoms with Crippen molar-refractivity contribution in [1.82, 2.24) is 15.0 Å². The van der Waals surface area contributed by atoms with Crippen molar-refractivity contribution in [1.29, 1.82) is 0 Å². The van der Waals surface area contributed by atoms with Gasteiger partial charge in [-0.25, -0.2) is 4.79 Å². The number of fused-ring (bicyclic) bond motifs is 4. The van der Waals surface area contributed by atoms with Crippen molar-refractivity contribution in [2.24, 2.45) is 0 Å². The lowest BCUT2D eigenvalue weighted by atomic mass is 10.1. The number of halogens is 1. The standard InChI is InChI=1S/C19H11N3O3.ClH/c23-19(24)17-9-12-5-7-13(10-16(12)25-17)22-20-15-8-6-11-3-1-2-4-14(11)18(15)21-22;/h1-10H,(H,23,24);1H. The van der Waals surface area contributed by atoms with Crippen LogP contribution in [0, 0.1) is 0 Å². The van der Waals surface area contributed by atoms with Crippen LogP contribution in [0.1, 0.15) is 10.6 Å². The highest BCUT2D eigenvalue weighted by atomic mass is 35.5. The second-order valence-corrected chi connectivity index (χ2v) is 5.78. The molecule has 0 bridgehead atoms. The fourth-order valence-electron chi connectivity index (χ4n) is 3.01. The Kier molecular flexibility index (Phi) is 3.63. The minimum absolute atomic E-state index is 0. The Morgan fingerprint density at radius 2 is 1.77 bits per heavy atom. The van der Waals surface area contributed by atoms with Gasteiger partial charge >= 0.3 is 5.97 Å². The average molecular weight is 366 g/mol. The normalized spacial score (nSPS) is 11.1. The molecule has 0 saturated heterocycles. The number of hydrogen-bond donors (Lipinski definition) is 1. The Hall–Kier alpha value is -3.38. The third-order valence-electron chi connectivity index (χ3n) is 4.22. The van der Waals surface area contributed by atoms with E-state index in [9.17, 15) is 4.79 Å². The molecule has 0 aliphatic carbocycles. The molecule has 0 aliphatic rings. The number of carboxylic acids is 1. The molecular formula is C19H12ClN3O3. The molecule has 0 spiro atoms. The summed E-state index contributed by atoms with van der Waals surface area (Å²) in [7, 11) is 0. The fourth-order valence-corrected chi connectivity index (χ4v) is 3.01. The summed E-state index contributed by atoms with van der Waals surface area (Å²) in [5.74, 6) is -1.18.